The molecule has 4 heterocycles. The zero-order chi connectivity index (χ0) is 32.5. The molecule has 0 saturated carbocycles. The molecule has 0 bridgehead atoms. The molecular formula is C34H35FN8O3. The second-order valence-electron chi connectivity index (χ2n) is 11.3. The third-order valence-corrected chi connectivity index (χ3v) is 8.40. The zero-order valence-electron chi connectivity index (χ0n) is 26.0. The van der Waals surface area contributed by atoms with Crippen LogP contribution in [0.4, 0.5) is 21.6 Å². The Balaban J connectivity index is 1.34. The fourth-order valence-electron chi connectivity index (χ4n) is 5.77. The predicted molar refractivity (Wildman–Crippen MR) is 178 cm³/mol. The van der Waals surface area contributed by atoms with Crippen LogP contribution >= 0.6 is 0 Å². The van der Waals surface area contributed by atoms with Crippen LogP contribution in [0.15, 0.2) is 77.1 Å². The molecule has 12 heteroatoms. The lowest BCUT2D eigenvalue weighted by Gasteiger charge is -2.35. The van der Waals surface area contributed by atoms with E-state index in [1.54, 1.807) is 43.5 Å². The highest BCUT2D eigenvalue weighted by Crippen LogP contribution is 2.29. The summed E-state index contributed by atoms with van der Waals surface area (Å²) in [5, 5.41) is 22.6. The molecular weight excluding hydrogens is 587 g/mol. The largest absolute Gasteiger partial charge is 0.392 e. The summed E-state index contributed by atoms with van der Waals surface area (Å²) in [6.07, 6.45) is 3.20. The molecule has 0 unspecified atom stereocenters. The number of hydrogen-bond donors (Lipinski definition) is 2. The van der Waals surface area contributed by atoms with Gasteiger partial charge >= 0.3 is 0 Å². The maximum absolute atomic E-state index is 15.2. The minimum absolute atomic E-state index is 0.122. The molecule has 2 aromatic carbocycles. The van der Waals surface area contributed by atoms with Crippen molar-refractivity contribution < 1.29 is 9.50 Å². The molecule has 46 heavy (non-hydrogen) atoms. The van der Waals surface area contributed by atoms with Gasteiger partial charge in [-0.1, -0.05) is 31.2 Å². The van der Waals surface area contributed by atoms with Crippen molar-refractivity contribution in [2.24, 2.45) is 7.05 Å². The number of likely N-dealkylation sites (N-methyl/N-ethyl adjacent to an activating group) is 1. The molecule has 0 atom stereocenters. The van der Waals surface area contributed by atoms with E-state index in [0.29, 0.717) is 39.2 Å². The molecule has 3 aromatic heterocycles. The molecule has 0 amide bonds. The second-order valence-corrected chi connectivity index (χ2v) is 11.3. The number of piperazine rings is 1. The third-order valence-electron chi connectivity index (χ3n) is 8.40. The number of aliphatic hydroxyl groups excluding tert-OH is 1. The van der Waals surface area contributed by atoms with Crippen LogP contribution < -0.4 is 21.3 Å². The van der Waals surface area contributed by atoms with Crippen LogP contribution in [0.3, 0.4) is 0 Å². The van der Waals surface area contributed by atoms with Gasteiger partial charge in [-0.25, -0.2) is 14.1 Å². The van der Waals surface area contributed by atoms with Gasteiger partial charge < -0.3 is 20.2 Å². The first kappa shape index (κ1) is 30.8. The number of rotatable bonds is 8. The van der Waals surface area contributed by atoms with E-state index >= 15 is 4.39 Å². The van der Waals surface area contributed by atoms with Gasteiger partial charge in [-0.15, -0.1) is 0 Å². The summed E-state index contributed by atoms with van der Waals surface area (Å²) >= 11 is 0. The molecule has 6 rings (SSSR count). The Kier molecular flexibility index (Phi) is 8.48. The molecule has 11 nitrogen and oxygen atoms in total. The number of nitrogens with one attached hydrogen (secondary N) is 1. The lowest BCUT2D eigenvalue weighted by atomic mass is 10.0. The normalized spacial score (nSPS) is 13.7. The SMILES string of the molecule is C=C(C)c1cc(F)c2c(=O)n(-c3cccc(-c4cc(Nc5ccc(N6CCN(CC)CC6)cn5)c(=O)n(C)n4)c3CO)ncc2c1. The van der Waals surface area contributed by atoms with Gasteiger partial charge in [0.25, 0.3) is 11.1 Å². The quantitative estimate of drug-likeness (QED) is 0.264. The monoisotopic (exact) mass is 622 g/mol. The highest BCUT2D eigenvalue weighted by atomic mass is 19.1. The number of benzene rings is 2. The van der Waals surface area contributed by atoms with Crippen molar-refractivity contribution in [2.75, 3.05) is 42.9 Å². The van der Waals surface area contributed by atoms with Crippen molar-refractivity contribution >= 4 is 33.5 Å². The van der Waals surface area contributed by atoms with Crippen LogP contribution in [-0.4, -0.2) is 67.3 Å². The van der Waals surface area contributed by atoms with Crippen molar-refractivity contribution in [1.29, 1.82) is 0 Å². The van der Waals surface area contributed by atoms with Gasteiger partial charge in [0, 0.05) is 49.7 Å². The van der Waals surface area contributed by atoms with Crippen molar-refractivity contribution in [1.82, 2.24) is 29.4 Å². The van der Waals surface area contributed by atoms with Crippen molar-refractivity contribution in [3.05, 3.63) is 105 Å². The number of allylic oxidation sites excluding steroid dienone is 1. The number of fused-ring (bicyclic) bond motifs is 1. The second kappa shape index (κ2) is 12.7. The molecule has 5 aromatic rings. The molecule has 0 aliphatic carbocycles. The summed E-state index contributed by atoms with van der Waals surface area (Å²) in [7, 11) is 1.53. The Hall–Kier alpha value is -5.20. The summed E-state index contributed by atoms with van der Waals surface area (Å²) in [6.45, 7) is 12.2. The Bertz CT molecular complexity index is 2070. The minimum Gasteiger partial charge on any atom is -0.392 e. The van der Waals surface area contributed by atoms with E-state index in [-0.39, 0.29) is 22.3 Å². The molecule has 236 valence electrons. The summed E-state index contributed by atoms with van der Waals surface area (Å²) in [5.41, 5.74) is 2.87. The van der Waals surface area contributed by atoms with E-state index in [1.807, 2.05) is 12.1 Å². The molecule has 1 saturated heterocycles. The number of hydrogen-bond acceptors (Lipinski definition) is 9. The third kappa shape index (κ3) is 5.80. The van der Waals surface area contributed by atoms with Crippen LogP contribution in [0.5, 0.6) is 0 Å². The average Bonchev–Trinajstić information content (AvgIpc) is 3.06. The number of aryl methyl sites for hydroxylation is 1. The van der Waals surface area contributed by atoms with Gasteiger partial charge in [-0.2, -0.15) is 14.9 Å². The van der Waals surface area contributed by atoms with E-state index in [2.05, 4.69) is 43.8 Å². The summed E-state index contributed by atoms with van der Waals surface area (Å²) < 4.78 is 17.4. The highest BCUT2D eigenvalue weighted by molar-refractivity contribution is 5.85. The summed E-state index contributed by atoms with van der Waals surface area (Å²) in [4.78, 5) is 35.9. The average molecular weight is 623 g/mol. The van der Waals surface area contributed by atoms with Crippen LogP contribution in [0.2, 0.25) is 0 Å². The molecule has 0 radical (unpaired) electrons. The van der Waals surface area contributed by atoms with E-state index in [4.69, 9.17) is 0 Å². The van der Waals surface area contributed by atoms with E-state index in [9.17, 15) is 14.7 Å². The van der Waals surface area contributed by atoms with E-state index in [0.717, 1.165) is 43.1 Å². The highest BCUT2D eigenvalue weighted by Gasteiger charge is 2.20. The predicted octanol–water partition coefficient (Wildman–Crippen LogP) is 4.09. The first-order valence-electron chi connectivity index (χ1n) is 15.1. The van der Waals surface area contributed by atoms with Crippen molar-refractivity contribution in [2.45, 2.75) is 20.5 Å². The van der Waals surface area contributed by atoms with Crippen LogP contribution in [-0.2, 0) is 13.7 Å². The van der Waals surface area contributed by atoms with Gasteiger partial charge in [-0.3, -0.25) is 9.59 Å². The summed E-state index contributed by atoms with van der Waals surface area (Å²) in [6, 6.07) is 13.4. The van der Waals surface area contributed by atoms with Gasteiger partial charge in [0.1, 0.15) is 17.3 Å². The minimum atomic E-state index is -0.686. The molecule has 1 aliphatic heterocycles. The van der Waals surface area contributed by atoms with Gasteiger partial charge in [0.2, 0.25) is 0 Å². The molecule has 0 spiro atoms. The number of aliphatic hydroxyl groups is 1. The fourth-order valence-corrected chi connectivity index (χ4v) is 5.77. The lowest BCUT2D eigenvalue weighted by molar-refractivity contribution is 0.271. The molecule has 2 N–H and O–H groups in total. The van der Waals surface area contributed by atoms with Gasteiger partial charge in [0.05, 0.1) is 41.5 Å². The lowest BCUT2D eigenvalue weighted by Crippen LogP contribution is -2.46. The summed E-state index contributed by atoms with van der Waals surface area (Å²) in [5.74, 6) is -0.195. The standard InChI is InChI=1S/C34H35FN8O3/c1-5-41-11-13-42(14-12-41)24-9-10-31(36-19-24)38-29-17-28(39-40(4)33(29)45)25-7-6-8-30(26(25)20-44)43-34(46)32-23(18-37-43)15-22(21(2)3)16-27(32)35/h6-10,15-19,44H,2,5,11-14,20H2,1,3-4H3,(H,36,38). The zero-order valence-corrected chi connectivity index (χ0v) is 26.0. The number of anilines is 3. The Morgan fingerprint density at radius 3 is 2.50 bits per heavy atom. The number of nitrogens with zero attached hydrogens (tertiary/aromatic N) is 7. The Labute approximate surface area is 264 Å². The maximum atomic E-state index is 15.2. The number of halogens is 1. The van der Waals surface area contributed by atoms with E-state index < -0.39 is 18.0 Å². The number of aromatic nitrogens is 5. The van der Waals surface area contributed by atoms with Crippen LogP contribution in [0.25, 0.3) is 33.3 Å². The Morgan fingerprint density at radius 1 is 1.04 bits per heavy atom. The van der Waals surface area contributed by atoms with Crippen molar-refractivity contribution in [3.8, 4) is 16.9 Å². The maximum Gasteiger partial charge on any atom is 0.290 e. The Morgan fingerprint density at radius 2 is 1.83 bits per heavy atom. The van der Waals surface area contributed by atoms with Crippen LogP contribution in [0, 0.1) is 5.82 Å². The topological polar surface area (TPSA) is 121 Å². The molecule has 1 aliphatic rings. The smallest absolute Gasteiger partial charge is 0.290 e. The first-order chi connectivity index (χ1) is 22.2. The fraction of sp³-hybridized carbons (Fsp3) is 0.265. The van der Waals surface area contributed by atoms with Gasteiger partial charge in [0.15, 0.2) is 0 Å². The van der Waals surface area contributed by atoms with Gasteiger partial charge in [-0.05, 0) is 55.4 Å². The van der Waals surface area contributed by atoms with Crippen LogP contribution in [0.1, 0.15) is 25.0 Å². The van der Waals surface area contributed by atoms with E-state index in [1.165, 1.54) is 24.0 Å². The number of pyridine rings is 1. The molecule has 1 fully saturated rings. The first-order valence-corrected chi connectivity index (χ1v) is 15.1. The van der Waals surface area contributed by atoms with Crippen molar-refractivity contribution in [3.63, 3.8) is 0 Å².